The van der Waals surface area contributed by atoms with Crippen LogP contribution >= 0.6 is 0 Å². The smallest absolute Gasteiger partial charge is 0.319 e. The quantitative estimate of drug-likeness (QED) is 0.631. The SMILES string of the molecule is COc1ccc([N+](=O)[O-])cc1NC(=O)NC1CC1. The highest BCUT2D eigenvalue weighted by Crippen LogP contribution is 2.29. The number of nitrogens with zero attached hydrogens (tertiary/aromatic N) is 1. The van der Waals surface area contributed by atoms with Crippen molar-refractivity contribution in [1.82, 2.24) is 5.32 Å². The number of methoxy groups -OCH3 is 1. The monoisotopic (exact) mass is 251 g/mol. The van der Waals surface area contributed by atoms with E-state index < -0.39 is 4.92 Å². The third-order valence-corrected chi connectivity index (χ3v) is 2.55. The maximum Gasteiger partial charge on any atom is 0.319 e. The van der Waals surface area contributed by atoms with Gasteiger partial charge in [-0.05, 0) is 18.9 Å². The molecule has 0 heterocycles. The number of non-ortho nitro benzene ring substituents is 1. The number of nitrogens with one attached hydrogen (secondary N) is 2. The number of nitro benzene ring substituents is 1. The molecule has 1 aliphatic carbocycles. The number of ether oxygens (including phenoxy) is 1. The van der Waals surface area contributed by atoms with E-state index in [0.29, 0.717) is 5.75 Å². The van der Waals surface area contributed by atoms with Crippen LogP contribution in [0, 0.1) is 10.1 Å². The number of benzene rings is 1. The van der Waals surface area contributed by atoms with Crippen LogP contribution in [0.1, 0.15) is 12.8 Å². The third-order valence-electron chi connectivity index (χ3n) is 2.55. The van der Waals surface area contributed by atoms with Crippen LogP contribution in [0.3, 0.4) is 0 Å². The Kier molecular flexibility index (Phi) is 3.31. The first kappa shape index (κ1) is 12.2. The van der Waals surface area contributed by atoms with Gasteiger partial charge in [-0.1, -0.05) is 0 Å². The minimum atomic E-state index is -0.524. The number of urea groups is 1. The van der Waals surface area contributed by atoms with E-state index in [2.05, 4.69) is 10.6 Å². The summed E-state index contributed by atoms with van der Waals surface area (Å²) >= 11 is 0. The molecule has 0 atom stereocenters. The topological polar surface area (TPSA) is 93.5 Å². The number of rotatable bonds is 4. The fourth-order valence-electron chi connectivity index (χ4n) is 1.48. The van der Waals surface area contributed by atoms with Crippen LogP contribution in [0.15, 0.2) is 18.2 Å². The molecule has 2 N–H and O–H groups in total. The van der Waals surface area contributed by atoms with Gasteiger partial charge in [0.05, 0.1) is 17.7 Å². The van der Waals surface area contributed by atoms with Crippen LogP contribution in [0.4, 0.5) is 16.2 Å². The van der Waals surface area contributed by atoms with E-state index in [4.69, 9.17) is 4.74 Å². The number of hydrogen-bond acceptors (Lipinski definition) is 4. The summed E-state index contributed by atoms with van der Waals surface area (Å²) in [4.78, 5) is 21.7. The van der Waals surface area contributed by atoms with Gasteiger partial charge in [-0.2, -0.15) is 0 Å². The van der Waals surface area contributed by atoms with Crippen LogP contribution in [0.5, 0.6) is 5.75 Å². The van der Waals surface area contributed by atoms with E-state index in [-0.39, 0.29) is 23.4 Å². The van der Waals surface area contributed by atoms with Crippen LogP contribution in [-0.2, 0) is 0 Å². The normalized spacial score (nSPS) is 13.8. The lowest BCUT2D eigenvalue weighted by molar-refractivity contribution is -0.384. The van der Waals surface area contributed by atoms with Crippen molar-refractivity contribution in [2.75, 3.05) is 12.4 Å². The number of nitro groups is 1. The predicted octanol–water partition coefficient (Wildman–Crippen LogP) is 1.89. The van der Waals surface area contributed by atoms with Crippen LogP contribution in [0.2, 0.25) is 0 Å². The second-order valence-corrected chi connectivity index (χ2v) is 4.01. The first-order chi connectivity index (χ1) is 8.60. The molecule has 1 aromatic rings. The minimum Gasteiger partial charge on any atom is -0.495 e. The van der Waals surface area contributed by atoms with Crippen molar-refractivity contribution in [1.29, 1.82) is 0 Å². The molecular formula is C11H13N3O4. The average Bonchev–Trinajstić information content (AvgIpc) is 3.12. The fraction of sp³-hybridized carbons (Fsp3) is 0.364. The van der Waals surface area contributed by atoms with Crippen LogP contribution < -0.4 is 15.4 Å². The molecule has 1 aromatic carbocycles. The Bertz CT molecular complexity index is 485. The van der Waals surface area contributed by atoms with E-state index in [0.717, 1.165) is 12.8 Å². The van der Waals surface area contributed by atoms with Crippen LogP contribution in [0.25, 0.3) is 0 Å². The molecule has 2 rings (SSSR count). The zero-order valence-electron chi connectivity index (χ0n) is 9.80. The van der Waals surface area contributed by atoms with E-state index in [1.165, 1.54) is 25.3 Å². The Morgan fingerprint density at radius 2 is 2.22 bits per heavy atom. The molecule has 18 heavy (non-hydrogen) atoms. The molecule has 0 unspecified atom stereocenters. The first-order valence-electron chi connectivity index (χ1n) is 5.50. The summed E-state index contributed by atoms with van der Waals surface area (Å²) in [7, 11) is 1.44. The molecule has 1 fully saturated rings. The van der Waals surface area contributed by atoms with Gasteiger partial charge < -0.3 is 15.4 Å². The molecule has 1 aliphatic rings. The molecule has 0 bridgehead atoms. The largest absolute Gasteiger partial charge is 0.495 e. The molecule has 7 heteroatoms. The highest BCUT2D eigenvalue weighted by molar-refractivity contribution is 5.91. The van der Waals surface area contributed by atoms with Crippen molar-refractivity contribution in [2.45, 2.75) is 18.9 Å². The molecular weight excluding hydrogens is 238 g/mol. The number of anilines is 1. The third kappa shape index (κ3) is 2.88. The predicted molar refractivity (Wildman–Crippen MR) is 64.8 cm³/mol. The summed E-state index contributed by atoms with van der Waals surface area (Å²) in [6.45, 7) is 0. The van der Waals surface area contributed by atoms with Gasteiger partial charge in [0.2, 0.25) is 0 Å². The van der Waals surface area contributed by atoms with E-state index >= 15 is 0 Å². The molecule has 0 radical (unpaired) electrons. The Morgan fingerprint density at radius 1 is 1.50 bits per heavy atom. The van der Waals surface area contributed by atoms with Gasteiger partial charge >= 0.3 is 6.03 Å². The summed E-state index contributed by atoms with van der Waals surface area (Å²) in [5.74, 6) is 0.381. The summed E-state index contributed by atoms with van der Waals surface area (Å²) < 4.78 is 5.04. The lowest BCUT2D eigenvalue weighted by Crippen LogP contribution is -2.30. The maximum atomic E-state index is 11.6. The molecule has 0 aliphatic heterocycles. The Morgan fingerprint density at radius 3 is 2.78 bits per heavy atom. The summed E-state index contributed by atoms with van der Waals surface area (Å²) in [5.41, 5.74) is 0.183. The first-order valence-corrected chi connectivity index (χ1v) is 5.50. The lowest BCUT2D eigenvalue weighted by atomic mass is 10.2. The fourth-order valence-corrected chi connectivity index (χ4v) is 1.48. The number of amides is 2. The molecule has 0 spiro atoms. The van der Waals surface area contributed by atoms with Crippen molar-refractivity contribution in [3.8, 4) is 5.75 Å². The van der Waals surface area contributed by atoms with E-state index in [9.17, 15) is 14.9 Å². The van der Waals surface area contributed by atoms with Gasteiger partial charge in [-0.25, -0.2) is 4.79 Å². The van der Waals surface area contributed by atoms with Gasteiger partial charge in [0.1, 0.15) is 5.75 Å². The van der Waals surface area contributed by atoms with Gasteiger partial charge in [-0.15, -0.1) is 0 Å². The molecule has 0 saturated heterocycles. The number of hydrogen-bond donors (Lipinski definition) is 2. The summed E-state index contributed by atoms with van der Waals surface area (Å²) in [6, 6.07) is 3.88. The van der Waals surface area contributed by atoms with Crippen molar-refractivity contribution in [2.24, 2.45) is 0 Å². The molecule has 7 nitrogen and oxygen atoms in total. The standard InChI is InChI=1S/C11H13N3O4/c1-18-10-5-4-8(14(16)17)6-9(10)13-11(15)12-7-2-3-7/h4-7H,2-3H2,1H3,(H2,12,13,15). The second kappa shape index (κ2) is 4.91. The molecule has 96 valence electrons. The number of carbonyl (C=O) groups is 1. The average molecular weight is 251 g/mol. The Labute approximate surface area is 103 Å². The molecule has 2 amide bonds. The van der Waals surface area contributed by atoms with Crippen molar-refractivity contribution < 1.29 is 14.5 Å². The van der Waals surface area contributed by atoms with Gasteiger partial charge in [0.25, 0.3) is 5.69 Å². The van der Waals surface area contributed by atoms with Gasteiger partial charge in [-0.3, -0.25) is 10.1 Å². The van der Waals surface area contributed by atoms with Crippen molar-refractivity contribution in [3.05, 3.63) is 28.3 Å². The molecule has 1 saturated carbocycles. The second-order valence-electron chi connectivity index (χ2n) is 4.01. The van der Waals surface area contributed by atoms with E-state index in [1.807, 2.05) is 0 Å². The summed E-state index contributed by atoms with van der Waals surface area (Å²) in [5, 5.41) is 15.9. The number of carbonyl (C=O) groups excluding carboxylic acids is 1. The van der Waals surface area contributed by atoms with Crippen molar-refractivity contribution in [3.63, 3.8) is 0 Å². The minimum absolute atomic E-state index is 0.0995. The highest BCUT2D eigenvalue weighted by atomic mass is 16.6. The van der Waals surface area contributed by atoms with Crippen molar-refractivity contribution >= 4 is 17.4 Å². The summed E-state index contributed by atoms with van der Waals surface area (Å²) in [6.07, 6.45) is 1.94. The molecule has 0 aromatic heterocycles. The Balaban J connectivity index is 2.14. The zero-order chi connectivity index (χ0) is 13.1. The maximum absolute atomic E-state index is 11.6. The zero-order valence-corrected chi connectivity index (χ0v) is 9.80. The highest BCUT2D eigenvalue weighted by Gasteiger charge is 2.23. The van der Waals surface area contributed by atoms with E-state index in [1.54, 1.807) is 0 Å². The Hall–Kier alpha value is -2.31. The van der Waals surface area contributed by atoms with Crippen LogP contribution in [-0.4, -0.2) is 24.1 Å². The lowest BCUT2D eigenvalue weighted by Gasteiger charge is -2.10. The van der Waals surface area contributed by atoms with Gasteiger partial charge in [0, 0.05) is 18.2 Å². The van der Waals surface area contributed by atoms with Gasteiger partial charge in [0.15, 0.2) is 0 Å².